The lowest BCUT2D eigenvalue weighted by molar-refractivity contribution is 0.0559. The van der Waals surface area contributed by atoms with Crippen LogP contribution < -0.4 is 4.72 Å². The molecule has 21 heavy (non-hydrogen) atoms. The summed E-state index contributed by atoms with van der Waals surface area (Å²) in [7, 11) is -2.52. The van der Waals surface area contributed by atoms with E-state index in [1.165, 1.54) is 25.7 Å². The van der Waals surface area contributed by atoms with Gasteiger partial charge < -0.3 is 9.15 Å². The molecule has 0 aromatic carbocycles. The van der Waals surface area contributed by atoms with Crippen LogP contribution in [-0.4, -0.2) is 27.5 Å². The first kappa shape index (κ1) is 16.0. The maximum Gasteiger partial charge on any atom is 0.374 e. The molecule has 1 heterocycles. The summed E-state index contributed by atoms with van der Waals surface area (Å²) in [6, 6.07) is 2.51. The molecule has 6 nitrogen and oxygen atoms in total. The van der Waals surface area contributed by atoms with E-state index in [0.29, 0.717) is 0 Å². The van der Waals surface area contributed by atoms with Gasteiger partial charge in [0.15, 0.2) is 0 Å². The average molecular weight is 315 g/mol. The Hall–Kier alpha value is -1.34. The average Bonchev–Trinajstić information content (AvgIpc) is 2.91. The number of hydrogen-bond donors (Lipinski definition) is 1. The lowest BCUT2D eigenvalue weighted by atomic mass is 9.97. The third kappa shape index (κ3) is 4.31. The molecular weight excluding hydrogens is 294 g/mol. The molecule has 0 radical (unpaired) electrons. The highest BCUT2D eigenvalue weighted by molar-refractivity contribution is 7.89. The fourth-order valence-corrected chi connectivity index (χ4v) is 3.76. The second kappa shape index (κ2) is 7.09. The van der Waals surface area contributed by atoms with Gasteiger partial charge in [-0.3, -0.25) is 0 Å². The molecule has 1 saturated carbocycles. The Bertz CT molecular complexity index is 570. The van der Waals surface area contributed by atoms with E-state index >= 15 is 0 Å². The minimum Gasteiger partial charge on any atom is -0.463 e. The molecule has 1 aliphatic carbocycles. The number of rotatable bonds is 4. The Morgan fingerprint density at radius 3 is 2.43 bits per heavy atom. The van der Waals surface area contributed by atoms with Gasteiger partial charge in [0.1, 0.15) is 0 Å². The molecule has 7 heteroatoms. The first-order chi connectivity index (χ1) is 10.0. The van der Waals surface area contributed by atoms with Crippen molar-refractivity contribution in [1.82, 2.24) is 4.72 Å². The van der Waals surface area contributed by atoms with Crippen LogP contribution in [0.25, 0.3) is 0 Å². The molecule has 1 aliphatic rings. The molecule has 118 valence electrons. The zero-order chi connectivity index (χ0) is 15.3. The SMILES string of the molecule is COC(=O)c1ccc(S(=O)(=O)NC2CCCCCCC2)o1. The van der Waals surface area contributed by atoms with Gasteiger partial charge in [-0.2, -0.15) is 0 Å². The minimum absolute atomic E-state index is 0.0676. The number of esters is 1. The number of nitrogens with one attached hydrogen (secondary N) is 1. The second-order valence-electron chi connectivity index (χ2n) is 5.27. The van der Waals surface area contributed by atoms with Crippen molar-refractivity contribution < 1.29 is 22.4 Å². The van der Waals surface area contributed by atoms with Crippen LogP contribution in [0.1, 0.15) is 55.5 Å². The van der Waals surface area contributed by atoms with Crippen LogP contribution in [0.4, 0.5) is 0 Å². The highest BCUT2D eigenvalue weighted by Crippen LogP contribution is 2.20. The molecule has 0 amide bonds. The highest BCUT2D eigenvalue weighted by atomic mass is 32.2. The van der Waals surface area contributed by atoms with Gasteiger partial charge in [-0.05, 0) is 25.0 Å². The van der Waals surface area contributed by atoms with E-state index in [-0.39, 0.29) is 16.9 Å². The maximum atomic E-state index is 12.3. The number of ether oxygens (including phenoxy) is 1. The summed E-state index contributed by atoms with van der Waals surface area (Å²) in [5.41, 5.74) is 0. The summed E-state index contributed by atoms with van der Waals surface area (Å²) in [4.78, 5) is 11.3. The normalized spacial score (nSPS) is 18.0. The molecule has 0 unspecified atom stereocenters. The zero-order valence-electron chi connectivity index (χ0n) is 12.1. The summed E-state index contributed by atoms with van der Waals surface area (Å²) < 4.78 is 36.8. The topological polar surface area (TPSA) is 85.6 Å². The van der Waals surface area contributed by atoms with Gasteiger partial charge in [-0.15, -0.1) is 0 Å². The van der Waals surface area contributed by atoms with Gasteiger partial charge in [0.25, 0.3) is 10.0 Å². The van der Waals surface area contributed by atoms with Gasteiger partial charge in [0.2, 0.25) is 10.9 Å². The quantitative estimate of drug-likeness (QED) is 0.863. The lowest BCUT2D eigenvalue weighted by Gasteiger charge is -2.20. The first-order valence-electron chi connectivity index (χ1n) is 7.23. The lowest BCUT2D eigenvalue weighted by Crippen LogP contribution is -2.35. The fourth-order valence-electron chi connectivity index (χ4n) is 2.53. The van der Waals surface area contributed by atoms with Crippen molar-refractivity contribution >= 4 is 16.0 Å². The Balaban J connectivity index is 2.06. The molecule has 1 N–H and O–H groups in total. The van der Waals surface area contributed by atoms with Crippen molar-refractivity contribution in [2.75, 3.05) is 7.11 Å². The predicted octanol–water partition coefficient (Wildman–Crippen LogP) is 2.46. The van der Waals surface area contributed by atoms with Crippen LogP contribution >= 0.6 is 0 Å². The third-order valence-electron chi connectivity index (χ3n) is 3.66. The summed E-state index contributed by atoms with van der Waals surface area (Å²) in [5.74, 6) is -0.807. The fraction of sp³-hybridized carbons (Fsp3) is 0.643. The Morgan fingerprint density at radius 2 is 1.81 bits per heavy atom. The van der Waals surface area contributed by atoms with Gasteiger partial charge in [-0.1, -0.05) is 32.1 Å². The zero-order valence-corrected chi connectivity index (χ0v) is 12.9. The molecular formula is C14H21NO5S. The van der Waals surface area contributed by atoms with Crippen molar-refractivity contribution in [1.29, 1.82) is 0 Å². The molecule has 0 bridgehead atoms. The van der Waals surface area contributed by atoms with Crippen LogP contribution in [0.2, 0.25) is 0 Å². The van der Waals surface area contributed by atoms with Gasteiger partial charge in [0, 0.05) is 6.04 Å². The number of carbonyl (C=O) groups excluding carboxylic acids is 1. The van der Waals surface area contributed by atoms with E-state index in [1.807, 2.05) is 0 Å². The second-order valence-corrected chi connectivity index (χ2v) is 6.92. The number of sulfonamides is 1. The molecule has 0 spiro atoms. The van der Waals surface area contributed by atoms with Crippen LogP contribution in [-0.2, 0) is 14.8 Å². The van der Waals surface area contributed by atoms with Crippen molar-refractivity contribution in [3.63, 3.8) is 0 Å². The molecule has 1 aromatic heterocycles. The summed E-state index contributed by atoms with van der Waals surface area (Å²) in [6.07, 6.45) is 7.24. The Labute approximate surface area is 124 Å². The number of methoxy groups -OCH3 is 1. The van der Waals surface area contributed by atoms with Crippen LogP contribution in [0.15, 0.2) is 21.6 Å². The molecule has 0 aliphatic heterocycles. The largest absolute Gasteiger partial charge is 0.463 e. The van der Waals surface area contributed by atoms with Crippen LogP contribution in [0.3, 0.4) is 0 Å². The van der Waals surface area contributed by atoms with E-state index in [9.17, 15) is 13.2 Å². The highest BCUT2D eigenvalue weighted by Gasteiger charge is 2.25. The number of carbonyl (C=O) groups is 1. The van der Waals surface area contributed by atoms with E-state index in [0.717, 1.165) is 38.5 Å². The molecule has 1 fully saturated rings. The molecule has 1 aromatic rings. The number of furan rings is 1. The van der Waals surface area contributed by atoms with E-state index in [2.05, 4.69) is 9.46 Å². The number of hydrogen-bond acceptors (Lipinski definition) is 5. The summed E-state index contributed by atoms with van der Waals surface area (Å²) >= 11 is 0. The standard InChI is InChI=1S/C14H21NO5S/c1-19-14(16)12-9-10-13(20-12)21(17,18)15-11-7-5-3-2-4-6-8-11/h9-11,15H,2-8H2,1H3. The maximum absolute atomic E-state index is 12.3. The third-order valence-corrected chi connectivity index (χ3v) is 5.05. The monoisotopic (exact) mass is 315 g/mol. The Morgan fingerprint density at radius 1 is 1.19 bits per heavy atom. The van der Waals surface area contributed by atoms with Crippen molar-refractivity contribution in [3.05, 3.63) is 17.9 Å². The smallest absolute Gasteiger partial charge is 0.374 e. The summed E-state index contributed by atoms with van der Waals surface area (Å²) in [6.45, 7) is 0. The van der Waals surface area contributed by atoms with Gasteiger partial charge in [-0.25, -0.2) is 17.9 Å². The van der Waals surface area contributed by atoms with Crippen molar-refractivity contribution in [2.45, 2.75) is 56.1 Å². The van der Waals surface area contributed by atoms with E-state index < -0.39 is 16.0 Å². The molecule has 0 saturated heterocycles. The predicted molar refractivity (Wildman–Crippen MR) is 76.5 cm³/mol. The van der Waals surface area contributed by atoms with Gasteiger partial charge in [0.05, 0.1) is 7.11 Å². The van der Waals surface area contributed by atoms with E-state index in [1.54, 1.807) is 0 Å². The Kier molecular flexibility index (Phi) is 5.41. The van der Waals surface area contributed by atoms with Crippen molar-refractivity contribution in [2.24, 2.45) is 0 Å². The van der Waals surface area contributed by atoms with Crippen molar-refractivity contribution in [3.8, 4) is 0 Å². The van der Waals surface area contributed by atoms with Crippen LogP contribution in [0.5, 0.6) is 0 Å². The molecule has 0 atom stereocenters. The van der Waals surface area contributed by atoms with E-state index in [4.69, 9.17) is 4.42 Å². The molecule has 2 rings (SSSR count). The van der Waals surface area contributed by atoms with Crippen LogP contribution in [0, 0.1) is 0 Å². The first-order valence-corrected chi connectivity index (χ1v) is 8.72. The minimum atomic E-state index is -3.73. The van der Waals surface area contributed by atoms with Gasteiger partial charge >= 0.3 is 5.97 Å². The summed E-state index contributed by atoms with van der Waals surface area (Å²) in [5, 5.41) is -0.245.